The second kappa shape index (κ2) is 8.14. The van der Waals surface area contributed by atoms with Crippen molar-refractivity contribution in [2.75, 3.05) is 32.8 Å². The molecule has 0 unspecified atom stereocenters. The van der Waals surface area contributed by atoms with Crippen LogP contribution in [-0.4, -0.2) is 74.0 Å². The van der Waals surface area contributed by atoms with E-state index >= 15 is 0 Å². The van der Waals surface area contributed by atoms with Gasteiger partial charge < -0.3 is 10.0 Å². The van der Waals surface area contributed by atoms with Gasteiger partial charge in [-0.2, -0.15) is 5.10 Å². The SMILES string of the molecule is C[C@@H](CO)N1CCCN(C(=O)Cn2nc3n(c2=O)CCCCC3)CC1. The quantitative estimate of drug-likeness (QED) is 0.804. The highest BCUT2D eigenvalue weighted by Gasteiger charge is 2.23. The molecular weight excluding hydrogens is 322 g/mol. The van der Waals surface area contributed by atoms with Crippen LogP contribution in [0.4, 0.5) is 0 Å². The van der Waals surface area contributed by atoms with Gasteiger partial charge in [-0.25, -0.2) is 9.48 Å². The summed E-state index contributed by atoms with van der Waals surface area (Å²) < 4.78 is 3.06. The molecule has 1 N–H and O–H groups in total. The number of aliphatic hydroxyl groups is 1. The van der Waals surface area contributed by atoms with Crippen molar-refractivity contribution < 1.29 is 9.90 Å². The molecule has 0 saturated carbocycles. The van der Waals surface area contributed by atoms with E-state index in [1.54, 1.807) is 4.57 Å². The smallest absolute Gasteiger partial charge is 0.346 e. The second-order valence-electron chi connectivity index (χ2n) is 7.12. The summed E-state index contributed by atoms with van der Waals surface area (Å²) in [6, 6.07) is 0.112. The van der Waals surface area contributed by atoms with Crippen molar-refractivity contribution in [3.05, 3.63) is 16.3 Å². The summed E-state index contributed by atoms with van der Waals surface area (Å²) in [5, 5.41) is 13.7. The number of nitrogens with zero attached hydrogens (tertiary/aromatic N) is 5. The molecule has 3 rings (SSSR count). The van der Waals surface area contributed by atoms with Gasteiger partial charge in [0.1, 0.15) is 12.4 Å². The molecule has 1 saturated heterocycles. The average Bonchev–Trinajstić information content (AvgIpc) is 2.87. The van der Waals surface area contributed by atoms with Gasteiger partial charge >= 0.3 is 5.69 Å². The highest BCUT2D eigenvalue weighted by Crippen LogP contribution is 2.11. The van der Waals surface area contributed by atoms with Crippen molar-refractivity contribution in [3.8, 4) is 0 Å². The zero-order valence-corrected chi connectivity index (χ0v) is 15.1. The lowest BCUT2D eigenvalue weighted by atomic mass is 10.2. The predicted octanol–water partition coefficient (Wildman–Crippen LogP) is -0.314. The summed E-state index contributed by atoms with van der Waals surface area (Å²) in [5.41, 5.74) is -0.157. The monoisotopic (exact) mass is 351 g/mol. The maximum atomic E-state index is 12.6. The minimum Gasteiger partial charge on any atom is -0.395 e. The Bertz CT molecular complexity index is 653. The Morgan fingerprint density at radius 2 is 1.96 bits per heavy atom. The first kappa shape index (κ1) is 18.1. The first-order chi connectivity index (χ1) is 12.1. The van der Waals surface area contributed by atoms with Gasteiger partial charge in [-0.3, -0.25) is 14.3 Å². The van der Waals surface area contributed by atoms with Crippen molar-refractivity contribution in [2.45, 2.75) is 58.2 Å². The van der Waals surface area contributed by atoms with E-state index in [0.29, 0.717) is 19.6 Å². The highest BCUT2D eigenvalue weighted by atomic mass is 16.3. The van der Waals surface area contributed by atoms with Crippen LogP contribution in [0, 0.1) is 0 Å². The second-order valence-corrected chi connectivity index (χ2v) is 7.12. The number of hydrogen-bond acceptors (Lipinski definition) is 5. The first-order valence-corrected chi connectivity index (χ1v) is 9.39. The van der Waals surface area contributed by atoms with E-state index < -0.39 is 0 Å². The van der Waals surface area contributed by atoms with Gasteiger partial charge in [0.05, 0.1) is 6.61 Å². The molecule has 2 aliphatic rings. The predicted molar refractivity (Wildman–Crippen MR) is 93.4 cm³/mol. The van der Waals surface area contributed by atoms with Crippen LogP contribution in [0.25, 0.3) is 0 Å². The summed E-state index contributed by atoms with van der Waals surface area (Å²) in [6.45, 7) is 5.81. The third-order valence-corrected chi connectivity index (χ3v) is 5.34. The number of aromatic nitrogens is 3. The average molecular weight is 351 g/mol. The Morgan fingerprint density at radius 3 is 2.76 bits per heavy atom. The Kier molecular flexibility index (Phi) is 5.90. The van der Waals surface area contributed by atoms with E-state index in [1.165, 1.54) is 4.68 Å². The summed E-state index contributed by atoms with van der Waals surface area (Å²) in [6.07, 6.45) is 4.87. The number of carbonyl (C=O) groups excluding carboxylic acids is 1. The molecule has 0 aromatic carbocycles. The zero-order valence-electron chi connectivity index (χ0n) is 15.1. The summed E-state index contributed by atoms with van der Waals surface area (Å²) in [4.78, 5) is 29.2. The van der Waals surface area contributed by atoms with E-state index in [0.717, 1.165) is 51.0 Å². The maximum absolute atomic E-state index is 12.6. The zero-order chi connectivity index (χ0) is 17.8. The van der Waals surface area contributed by atoms with Crippen molar-refractivity contribution in [1.29, 1.82) is 0 Å². The van der Waals surface area contributed by atoms with Gasteiger partial charge in [0.15, 0.2) is 0 Å². The Morgan fingerprint density at radius 1 is 1.12 bits per heavy atom. The van der Waals surface area contributed by atoms with Crippen LogP contribution in [0.2, 0.25) is 0 Å². The van der Waals surface area contributed by atoms with Crippen molar-refractivity contribution in [1.82, 2.24) is 24.1 Å². The van der Waals surface area contributed by atoms with E-state index in [4.69, 9.17) is 0 Å². The minimum absolute atomic E-state index is 0.0222. The molecule has 1 atom stereocenters. The van der Waals surface area contributed by atoms with Crippen molar-refractivity contribution in [2.24, 2.45) is 0 Å². The van der Waals surface area contributed by atoms with Gasteiger partial charge in [0.25, 0.3) is 0 Å². The number of rotatable bonds is 4. The van der Waals surface area contributed by atoms with Gasteiger partial charge in [0.2, 0.25) is 5.91 Å². The van der Waals surface area contributed by atoms with Gasteiger partial charge in [-0.1, -0.05) is 6.42 Å². The number of aryl methyl sites for hydroxylation is 1. The number of carbonyl (C=O) groups is 1. The molecule has 3 heterocycles. The Balaban J connectivity index is 1.64. The fraction of sp³-hybridized carbons (Fsp3) is 0.824. The number of fused-ring (bicyclic) bond motifs is 1. The molecule has 0 bridgehead atoms. The van der Waals surface area contributed by atoms with E-state index in [-0.39, 0.29) is 30.8 Å². The topological polar surface area (TPSA) is 83.6 Å². The van der Waals surface area contributed by atoms with Gasteiger partial charge in [-0.05, 0) is 26.2 Å². The minimum atomic E-state index is -0.157. The molecule has 1 aromatic rings. The molecule has 0 spiro atoms. The molecule has 8 heteroatoms. The van der Waals surface area contributed by atoms with E-state index in [1.807, 2.05) is 11.8 Å². The highest BCUT2D eigenvalue weighted by molar-refractivity contribution is 5.75. The molecule has 140 valence electrons. The fourth-order valence-corrected chi connectivity index (χ4v) is 3.70. The number of hydrogen-bond donors (Lipinski definition) is 1. The molecular formula is C17H29N5O3. The summed E-state index contributed by atoms with van der Waals surface area (Å²) in [7, 11) is 0. The van der Waals surface area contributed by atoms with E-state index in [9.17, 15) is 14.7 Å². The van der Waals surface area contributed by atoms with Crippen LogP contribution in [0.1, 0.15) is 38.4 Å². The lowest BCUT2D eigenvalue weighted by Crippen LogP contribution is -2.41. The molecule has 1 amide bonds. The van der Waals surface area contributed by atoms with Gasteiger partial charge in [-0.15, -0.1) is 0 Å². The van der Waals surface area contributed by atoms with Crippen LogP contribution in [0.15, 0.2) is 4.79 Å². The first-order valence-electron chi connectivity index (χ1n) is 9.39. The van der Waals surface area contributed by atoms with Crippen molar-refractivity contribution in [3.63, 3.8) is 0 Å². The van der Waals surface area contributed by atoms with Crippen LogP contribution in [-0.2, 0) is 24.3 Å². The number of amides is 1. The van der Waals surface area contributed by atoms with Crippen molar-refractivity contribution >= 4 is 5.91 Å². The molecule has 1 aromatic heterocycles. The lowest BCUT2D eigenvalue weighted by molar-refractivity contribution is -0.132. The Hall–Kier alpha value is -1.67. The van der Waals surface area contributed by atoms with Crippen LogP contribution >= 0.6 is 0 Å². The molecule has 2 aliphatic heterocycles. The van der Waals surface area contributed by atoms with E-state index in [2.05, 4.69) is 10.00 Å². The largest absolute Gasteiger partial charge is 0.395 e. The number of aliphatic hydroxyl groups excluding tert-OH is 1. The summed E-state index contributed by atoms with van der Waals surface area (Å²) in [5.74, 6) is 0.767. The maximum Gasteiger partial charge on any atom is 0.346 e. The molecule has 8 nitrogen and oxygen atoms in total. The standard InChI is InChI=1S/C17H29N5O3/c1-14(13-23)19-7-5-8-20(11-10-19)16(24)12-22-17(25)21-9-4-2-3-6-15(21)18-22/h14,23H,2-13H2,1H3/t14-/m0/s1. The normalized spacial score (nSPS) is 20.6. The lowest BCUT2D eigenvalue weighted by Gasteiger charge is -2.26. The fourth-order valence-electron chi connectivity index (χ4n) is 3.70. The van der Waals surface area contributed by atoms with Crippen LogP contribution in [0.3, 0.4) is 0 Å². The molecule has 1 fully saturated rings. The third kappa shape index (κ3) is 4.12. The third-order valence-electron chi connectivity index (χ3n) is 5.34. The van der Waals surface area contributed by atoms with Crippen LogP contribution < -0.4 is 5.69 Å². The molecule has 0 radical (unpaired) electrons. The molecule has 0 aliphatic carbocycles. The Labute approximate surface area is 148 Å². The molecule has 25 heavy (non-hydrogen) atoms. The van der Waals surface area contributed by atoms with Gasteiger partial charge in [0, 0.05) is 45.2 Å². The summed E-state index contributed by atoms with van der Waals surface area (Å²) >= 11 is 0. The van der Waals surface area contributed by atoms with Crippen LogP contribution in [0.5, 0.6) is 0 Å².